The van der Waals surface area contributed by atoms with Gasteiger partial charge in [0.1, 0.15) is 5.75 Å². The highest BCUT2D eigenvalue weighted by atomic mass is 16.6. The van der Waals surface area contributed by atoms with Crippen LogP contribution in [-0.4, -0.2) is 14.2 Å². The molecule has 0 aliphatic heterocycles. The Balaban J connectivity index is 2.79. The molecule has 1 rings (SSSR count). The average molecular weight is 181 g/mol. The highest BCUT2D eigenvalue weighted by molar-refractivity contribution is 5.36. The van der Waals surface area contributed by atoms with E-state index in [1.165, 1.54) is 5.56 Å². The Morgan fingerprint density at radius 3 is 2.69 bits per heavy atom. The summed E-state index contributed by atoms with van der Waals surface area (Å²) in [6.45, 7) is 2.69. The first-order chi connectivity index (χ1) is 6.27. The molecule has 0 aromatic heterocycles. The molecule has 0 fully saturated rings. The van der Waals surface area contributed by atoms with Crippen LogP contribution in [0.5, 0.6) is 5.75 Å². The number of ether oxygens (including phenoxy) is 1. The summed E-state index contributed by atoms with van der Waals surface area (Å²) < 4.78 is 5.23. The van der Waals surface area contributed by atoms with Crippen LogP contribution in [0.4, 0.5) is 0 Å². The van der Waals surface area contributed by atoms with E-state index < -0.39 is 0 Å². The quantitative estimate of drug-likeness (QED) is 0.716. The third kappa shape index (κ3) is 2.72. The van der Waals surface area contributed by atoms with Crippen LogP contribution in [0.25, 0.3) is 0 Å². The summed E-state index contributed by atoms with van der Waals surface area (Å²) >= 11 is 0. The number of rotatable bonds is 4. The Bertz CT molecular complexity index is 274. The van der Waals surface area contributed by atoms with E-state index in [1.54, 1.807) is 14.2 Å². The fraction of sp³-hybridized carbons (Fsp3) is 0.400. The molecule has 0 unspecified atom stereocenters. The molecule has 0 bridgehead atoms. The van der Waals surface area contributed by atoms with Crippen molar-refractivity contribution in [2.24, 2.45) is 0 Å². The van der Waals surface area contributed by atoms with Gasteiger partial charge in [-0.05, 0) is 18.6 Å². The molecule has 0 saturated carbocycles. The summed E-state index contributed by atoms with van der Waals surface area (Å²) in [4.78, 5) is 4.77. The van der Waals surface area contributed by atoms with Crippen molar-refractivity contribution in [3.05, 3.63) is 29.3 Å². The summed E-state index contributed by atoms with van der Waals surface area (Å²) in [5.74, 6) is 0.893. The van der Waals surface area contributed by atoms with Gasteiger partial charge >= 0.3 is 0 Å². The molecule has 0 aliphatic carbocycles. The van der Waals surface area contributed by atoms with Gasteiger partial charge < -0.3 is 9.57 Å². The van der Waals surface area contributed by atoms with Crippen molar-refractivity contribution in [3.8, 4) is 5.75 Å². The van der Waals surface area contributed by atoms with Crippen LogP contribution in [0.1, 0.15) is 11.1 Å². The molecule has 1 aromatic rings. The van der Waals surface area contributed by atoms with Gasteiger partial charge in [-0.15, -0.1) is 0 Å². The van der Waals surface area contributed by atoms with Gasteiger partial charge in [0, 0.05) is 12.1 Å². The maximum absolute atomic E-state index is 5.23. The van der Waals surface area contributed by atoms with Crippen LogP contribution in [0.3, 0.4) is 0 Å². The third-order valence-electron chi connectivity index (χ3n) is 1.85. The lowest BCUT2D eigenvalue weighted by Crippen LogP contribution is -2.11. The van der Waals surface area contributed by atoms with Gasteiger partial charge in [0.15, 0.2) is 0 Å². The standard InChI is InChI=1S/C10H15NO2/c1-8-4-5-9(7-11-13-3)10(6-8)12-2/h4-6,11H,7H2,1-3H3. The Morgan fingerprint density at radius 2 is 2.08 bits per heavy atom. The zero-order chi connectivity index (χ0) is 9.68. The summed E-state index contributed by atoms with van der Waals surface area (Å²) in [7, 11) is 3.27. The van der Waals surface area contributed by atoms with Crippen LogP contribution in [0, 0.1) is 6.92 Å². The average Bonchev–Trinajstić information content (AvgIpc) is 2.16. The number of nitrogens with one attached hydrogen (secondary N) is 1. The molecular formula is C10H15NO2. The lowest BCUT2D eigenvalue weighted by atomic mass is 10.1. The van der Waals surface area contributed by atoms with Crippen molar-refractivity contribution in [2.75, 3.05) is 14.2 Å². The number of hydrogen-bond acceptors (Lipinski definition) is 3. The highest BCUT2D eigenvalue weighted by Gasteiger charge is 2.01. The molecule has 3 heteroatoms. The first-order valence-electron chi connectivity index (χ1n) is 4.17. The minimum atomic E-state index is 0.653. The van der Waals surface area contributed by atoms with Crippen molar-refractivity contribution < 1.29 is 9.57 Å². The molecule has 0 heterocycles. The van der Waals surface area contributed by atoms with Gasteiger partial charge in [-0.25, -0.2) is 0 Å². The fourth-order valence-electron chi connectivity index (χ4n) is 1.15. The van der Waals surface area contributed by atoms with E-state index >= 15 is 0 Å². The monoisotopic (exact) mass is 181 g/mol. The molecule has 3 nitrogen and oxygen atoms in total. The second-order valence-electron chi connectivity index (χ2n) is 2.84. The van der Waals surface area contributed by atoms with Crippen molar-refractivity contribution in [3.63, 3.8) is 0 Å². The molecule has 0 spiro atoms. The number of methoxy groups -OCH3 is 1. The highest BCUT2D eigenvalue weighted by Crippen LogP contribution is 2.19. The largest absolute Gasteiger partial charge is 0.496 e. The Kier molecular flexibility index (Phi) is 3.73. The number of hydroxylamine groups is 1. The maximum Gasteiger partial charge on any atom is 0.123 e. The van der Waals surface area contributed by atoms with Crippen molar-refractivity contribution >= 4 is 0 Å². The number of hydrogen-bond donors (Lipinski definition) is 1. The van der Waals surface area contributed by atoms with Crippen LogP contribution in [-0.2, 0) is 11.4 Å². The second-order valence-corrected chi connectivity index (χ2v) is 2.84. The van der Waals surface area contributed by atoms with Crippen LogP contribution in [0.2, 0.25) is 0 Å². The van der Waals surface area contributed by atoms with E-state index in [-0.39, 0.29) is 0 Å². The molecule has 0 amide bonds. The predicted molar refractivity (Wildman–Crippen MR) is 51.6 cm³/mol. The van der Waals surface area contributed by atoms with Crippen molar-refractivity contribution in [1.82, 2.24) is 5.48 Å². The molecular weight excluding hydrogens is 166 g/mol. The van der Waals surface area contributed by atoms with Crippen molar-refractivity contribution in [2.45, 2.75) is 13.5 Å². The Labute approximate surface area is 78.6 Å². The Hall–Kier alpha value is -1.06. The lowest BCUT2D eigenvalue weighted by molar-refractivity contribution is 0.0861. The van der Waals surface area contributed by atoms with E-state index in [9.17, 15) is 0 Å². The lowest BCUT2D eigenvalue weighted by Gasteiger charge is -2.09. The van der Waals surface area contributed by atoms with E-state index in [1.807, 2.05) is 19.1 Å². The molecule has 13 heavy (non-hydrogen) atoms. The maximum atomic E-state index is 5.23. The van der Waals surface area contributed by atoms with Gasteiger partial charge in [0.05, 0.1) is 14.2 Å². The van der Waals surface area contributed by atoms with Crippen molar-refractivity contribution in [1.29, 1.82) is 0 Å². The molecule has 0 aliphatic rings. The summed E-state index contributed by atoms with van der Waals surface area (Å²) in [6.07, 6.45) is 0. The van der Waals surface area contributed by atoms with Gasteiger partial charge in [-0.3, -0.25) is 0 Å². The van der Waals surface area contributed by atoms with Gasteiger partial charge in [-0.1, -0.05) is 12.1 Å². The smallest absolute Gasteiger partial charge is 0.123 e. The zero-order valence-electron chi connectivity index (χ0n) is 8.26. The minimum Gasteiger partial charge on any atom is -0.496 e. The topological polar surface area (TPSA) is 30.5 Å². The van der Waals surface area contributed by atoms with E-state index in [2.05, 4.69) is 11.5 Å². The predicted octanol–water partition coefficient (Wildman–Crippen LogP) is 1.65. The van der Waals surface area contributed by atoms with Gasteiger partial charge in [-0.2, -0.15) is 5.48 Å². The zero-order valence-corrected chi connectivity index (χ0v) is 8.26. The second kappa shape index (κ2) is 4.84. The number of benzene rings is 1. The Morgan fingerprint density at radius 1 is 1.31 bits per heavy atom. The molecule has 1 N–H and O–H groups in total. The molecule has 0 radical (unpaired) electrons. The summed E-state index contributed by atoms with van der Waals surface area (Å²) in [5.41, 5.74) is 5.06. The van der Waals surface area contributed by atoms with Gasteiger partial charge in [0.2, 0.25) is 0 Å². The molecule has 0 atom stereocenters. The first-order valence-corrected chi connectivity index (χ1v) is 4.17. The SMILES string of the molecule is CONCc1ccc(C)cc1OC. The molecule has 72 valence electrons. The van der Waals surface area contributed by atoms with E-state index in [0.717, 1.165) is 11.3 Å². The van der Waals surface area contributed by atoms with Crippen LogP contribution >= 0.6 is 0 Å². The molecule has 0 saturated heterocycles. The summed E-state index contributed by atoms with van der Waals surface area (Å²) in [5, 5.41) is 0. The van der Waals surface area contributed by atoms with Crippen LogP contribution in [0.15, 0.2) is 18.2 Å². The molecule has 1 aromatic carbocycles. The first kappa shape index (κ1) is 10.0. The normalized spacial score (nSPS) is 10.1. The minimum absolute atomic E-state index is 0.653. The van der Waals surface area contributed by atoms with E-state index in [0.29, 0.717) is 6.54 Å². The van der Waals surface area contributed by atoms with Crippen LogP contribution < -0.4 is 10.2 Å². The fourth-order valence-corrected chi connectivity index (χ4v) is 1.15. The third-order valence-corrected chi connectivity index (χ3v) is 1.85. The number of aryl methyl sites for hydroxylation is 1. The van der Waals surface area contributed by atoms with Gasteiger partial charge in [0.25, 0.3) is 0 Å². The summed E-state index contributed by atoms with van der Waals surface area (Å²) in [6, 6.07) is 6.09. The van der Waals surface area contributed by atoms with E-state index in [4.69, 9.17) is 9.57 Å².